The summed E-state index contributed by atoms with van der Waals surface area (Å²) in [7, 11) is 0. The highest BCUT2D eigenvalue weighted by Gasteiger charge is 2.17. The lowest BCUT2D eigenvalue weighted by Crippen LogP contribution is -2.47. The molecule has 162 valence electrons. The highest BCUT2D eigenvalue weighted by atomic mass is 16.5. The number of rotatable bonds is 8. The van der Waals surface area contributed by atoms with Gasteiger partial charge in [-0.15, -0.1) is 0 Å². The second-order valence-corrected chi connectivity index (χ2v) is 7.76. The third-order valence-corrected chi connectivity index (χ3v) is 5.27. The van der Waals surface area contributed by atoms with Crippen molar-refractivity contribution in [2.24, 2.45) is 0 Å². The Kier molecular flexibility index (Phi) is 8.42. The first-order valence-electron chi connectivity index (χ1n) is 10.4. The van der Waals surface area contributed by atoms with Crippen molar-refractivity contribution < 1.29 is 14.3 Å². The average molecular weight is 412 g/mol. The minimum atomic E-state index is -0.746. The Bertz CT molecular complexity index is 862. The molecule has 0 aliphatic rings. The molecule has 0 heterocycles. The van der Waals surface area contributed by atoms with Gasteiger partial charge < -0.3 is 4.74 Å². The van der Waals surface area contributed by atoms with Gasteiger partial charge in [-0.05, 0) is 76.1 Å². The number of aryl methyl sites for hydroxylation is 1. The fourth-order valence-corrected chi connectivity index (χ4v) is 3.04. The van der Waals surface area contributed by atoms with Crippen LogP contribution in [0.25, 0.3) is 0 Å². The van der Waals surface area contributed by atoms with Crippen molar-refractivity contribution in [2.75, 3.05) is 6.54 Å². The molecular formula is C24H33N3O3. The van der Waals surface area contributed by atoms with Crippen LogP contribution in [0.5, 0.6) is 5.75 Å². The van der Waals surface area contributed by atoms with Crippen molar-refractivity contribution >= 4 is 11.8 Å². The fraction of sp³-hybridized carbons (Fsp3) is 0.417. The van der Waals surface area contributed by atoms with Crippen molar-refractivity contribution in [3.63, 3.8) is 0 Å². The zero-order chi connectivity index (χ0) is 22.3. The van der Waals surface area contributed by atoms with E-state index in [0.29, 0.717) is 17.4 Å². The van der Waals surface area contributed by atoms with Crippen molar-refractivity contribution in [3.05, 3.63) is 64.7 Å². The number of nitrogens with one attached hydrogen (secondary N) is 2. The zero-order valence-electron chi connectivity index (χ0n) is 18.8. The first-order valence-corrected chi connectivity index (χ1v) is 10.4. The monoisotopic (exact) mass is 411 g/mol. The summed E-state index contributed by atoms with van der Waals surface area (Å²) in [5.74, 6) is -0.136. The SMILES string of the molecule is CCN(Cc1ccc(C(=O)NNC(=O)C(C)Oc2cccc(C)c2C)cc1)C(C)C. The maximum absolute atomic E-state index is 12.3. The van der Waals surface area contributed by atoms with Gasteiger partial charge >= 0.3 is 0 Å². The van der Waals surface area contributed by atoms with Crippen LogP contribution in [-0.2, 0) is 11.3 Å². The molecule has 0 spiro atoms. The predicted octanol–water partition coefficient (Wildman–Crippen LogP) is 3.76. The van der Waals surface area contributed by atoms with E-state index in [0.717, 1.165) is 29.8 Å². The van der Waals surface area contributed by atoms with Gasteiger partial charge in [0.05, 0.1) is 0 Å². The maximum Gasteiger partial charge on any atom is 0.279 e. The molecule has 1 atom stereocenters. The molecule has 0 aromatic heterocycles. The van der Waals surface area contributed by atoms with Crippen molar-refractivity contribution in [2.45, 2.75) is 60.2 Å². The van der Waals surface area contributed by atoms with E-state index in [1.807, 2.05) is 44.2 Å². The maximum atomic E-state index is 12.3. The molecule has 1 unspecified atom stereocenters. The Hall–Kier alpha value is -2.86. The number of amides is 2. The summed E-state index contributed by atoms with van der Waals surface area (Å²) in [4.78, 5) is 27.0. The van der Waals surface area contributed by atoms with Gasteiger partial charge in [-0.3, -0.25) is 25.3 Å². The Balaban J connectivity index is 1.88. The molecule has 6 nitrogen and oxygen atoms in total. The van der Waals surface area contributed by atoms with Crippen LogP contribution in [0.15, 0.2) is 42.5 Å². The minimum absolute atomic E-state index is 0.370. The van der Waals surface area contributed by atoms with Crippen LogP contribution in [-0.4, -0.2) is 35.4 Å². The number of hydrogen-bond acceptors (Lipinski definition) is 4. The van der Waals surface area contributed by atoms with Gasteiger partial charge in [0.25, 0.3) is 11.8 Å². The molecule has 0 bridgehead atoms. The minimum Gasteiger partial charge on any atom is -0.481 e. The van der Waals surface area contributed by atoms with E-state index in [1.165, 1.54) is 0 Å². The Morgan fingerprint density at radius 1 is 1.00 bits per heavy atom. The smallest absolute Gasteiger partial charge is 0.279 e. The van der Waals surface area contributed by atoms with Crippen LogP contribution in [0.1, 0.15) is 54.7 Å². The fourth-order valence-electron chi connectivity index (χ4n) is 3.04. The molecular weight excluding hydrogens is 378 g/mol. The lowest BCUT2D eigenvalue weighted by atomic mass is 10.1. The topological polar surface area (TPSA) is 70.7 Å². The van der Waals surface area contributed by atoms with Crippen molar-refractivity contribution in [1.29, 1.82) is 0 Å². The summed E-state index contributed by atoms with van der Waals surface area (Å²) < 4.78 is 5.74. The Morgan fingerprint density at radius 2 is 1.67 bits per heavy atom. The summed E-state index contributed by atoms with van der Waals surface area (Å²) in [6.07, 6.45) is -0.746. The van der Waals surface area contributed by atoms with Gasteiger partial charge in [0.1, 0.15) is 5.75 Å². The Labute approximate surface area is 179 Å². The summed E-state index contributed by atoms with van der Waals surface area (Å²) in [5.41, 5.74) is 8.58. The standard InChI is InChI=1S/C24H33N3O3/c1-7-27(16(2)3)15-20-11-13-21(14-12-20)24(29)26-25-23(28)19(6)30-22-10-8-9-17(4)18(22)5/h8-14,16,19H,7,15H2,1-6H3,(H,25,28)(H,26,29). The van der Waals surface area contributed by atoms with E-state index >= 15 is 0 Å². The van der Waals surface area contributed by atoms with Gasteiger partial charge in [0.2, 0.25) is 0 Å². The number of benzene rings is 2. The second kappa shape index (κ2) is 10.8. The predicted molar refractivity (Wildman–Crippen MR) is 119 cm³/mol. The van der Waals surface area contributed by atoms with Crippen LogP contribution >= 0.6 is 0 Å². The molecule has 0 radical (unpaired) electrons. The number of hydrazine groups is 1. The molecule has 0 saturated heterocycles. The number of hydrogen-bond donors (Lipinski definition) is 2. The first kappa shape index (κ1) is 23.4. The van der Waals surface area contributed by atoms with E-state index in [2.05, 4.69) is 36.5 Å². The third kappa shape index (κ3) is 6.32. The molecule has 2 N–H and O–H groups in total. The lowest BCUT2D eigenvalue weighted by Gasteiger charge is -2.24. The number of carbonyl (C=O) groups is 2. The summed E-state index contributed by atoms with van der Waals surface area (Å²) in [6, 6.07) is 13.6. The highest BCUT2D eigenvalue weighted by Crippen LogP contribution is 2.21. The quantitative estimate of drug-likeness (QED) is 0.649. The lowest BCUT2D eigenvalue weighted by molar-refractivity contribution is -0.128. The first-order chi connectivity index (χ1) is 14.2. The molecule has 2 amide bonds. The van der Waals surface area contributed by atoms with E-state index < -0.39 is 12.0 Å². The van der Waals surface area contributed by atoms with E-state index in [9.17, 15) is 9.59 Å². The van der Waals surface area contributed by atoms with Gasteiger partial charge in [0, 0.05) is 18.2 Å². The van der Waals surface area contributed by atoms with Crippen molar-refractivity contribution in [1.82, 2.24) is 15.8 Å². The second-order valence-electron chi connectivity index (χ2n) is 7.76. The molecule has 0 aliphatic heterocycles. The van der Waals surface area contributed by atoms with Crippen LogP contribution in [0.4, 0.5) is 0 Å². The number of carbonyl (C=O) groups excluding carboxylic acids is 2. The van der Waals surface area contributed by atoms with Crippen LogP contribution < -0.4 is 15.6 Å². The summed E-state index contributed by atoms with van der Waals surface area (Å²) in [6.45, 7) is 13.8. The average Bonchev–Trinajstić information content (AvgIpc) is 2.73. The van der Waals surface area contributed by atoms with Gasteiger partial charge in [0.15, 0.2) is 6.10 Å². The van der Waals surface area contributed by atoms with E-state index in [1.54, 1.807) is 19.1 Å². The van der Waals surface area contributed by atoms with Crippen LogP contribution in [0, 0.1) is 13.8 Å². The van der Waals surface area contributed by atoms with Crippen LogP contribution in [0.3, 0.4) is 0 Å². The van der Waals surface area contributed by atoms with E-state index in [-0.39, 0.29) is 5.91 Å². The molecule has 0 fully saturated rings. The molecule has 2 aromatic carbocycles. The molecule has 0 aliphatic carbocycles. The molecule has 2 aromatic rings. The molecule has 0 saturated carbocycles. The number of nitrogens with zero attached hydrogens (tertiary/aromatic N) is 1. The molecule has 30 heavy (non-hydrogen) atoms. The molecule has 6 heteroatoms. The summed E-state index contributed by atoms with van der Waals surface area (Å²) in [5, 5.41) is 0. The van der Waals surface area contributed by atoms with Gasteiger partial charge in [-0.1, -0.05) is 31.2 Å². The third-order valence-electron chi connectivity index (χ3n) is 5.27. The zero-order valence-corrected chi connectivity index (χ0v) is 18.8. The number of ether oxygens (including phenoxy) is 1. The summed E-state index contributed by atoms with van der Waals surface area (Å²) >= 11 is 0. The van der Waals surface area contributed by atoms with Crippen LogP contribution in [0.2, 0.25) is 0 Å². The largest absolute Gasteiger partial charge is 0.481 e. The van der Waals surface area contributed by atoms with E-state index in [4.69, 9.17) is 4.74 Å². The highest BCUT2D eigenvalue weighted by molar-refractivity contribution is 5.95. The van der Waals surface area contributed by atoms with Gasteiger partial charge in [-0.25, -0.2) is 0 Å². The Morgan fingerprint density at radius 3 is 2.27 bits per heavy atom. The normalized spacial score (nSPS) is 12.0. The molecule has 2 rings (SSSR count). The van der Waals surface area contributed by atoms with Gasteiger partial charge in [-0.2, -0.15) is 0 Å². The van der Waals surface area contributed by atoms with Crippen molar-refractivity contribution in [3.8, 4) is 5.75 Å².